The zero-order valence-electron chi connectivity index (χ0n) is 11.6. The van der Waals surface area contributed by atoms with Crippen LogP contribution < -0.4 is 11.5 Å². The van der Waals surface area contributed by atoms with Crippen molar-refractivity contribution in [2.45, 2.75) is 20.8 Å². The van der Waals surface area contributed by atoms with Gasteiger partial charge >= 0.3 is 0 Å². The minimum Gasteiger partial charge on any atom is -0.399 e. The summed E-state index contributed by atoms with van der Waals surface area (Å²) in [6.07, 6.45) is 3.82. The second kappa shape index (κ2) is 4.76. The molecule has 1 aromatic carbocycles. The van der Waals surface area contributed by atoms with E-state index in [9.17, 15) is 0 Å². The Bertz CT molecular complexity index is 646. The molecule has 1 aliphatic carbocycles. The first-order valence-electron chi connectivity index (χ1n) is 6.19. The molecule has 1 aliphatic rings. The molecule has 98 valence electrons. The highest BCUT2D eigenvalue weighted by atomic mass is 14.8. The fraction of sp³-hybridized carbons (Fsp3) is 0.188. The third-order valence-corrected chi connectivity index (χ3v) is 3.29. The van der Waals surface area contributed by atoms with Gasteiger partial charge in [-0.25, -0.2) is 4.99 Å². The van der Waals surface area contributed by atoms with Crippen molar-refractivity contribution in [3.05, 3.63) is 58.8 Å². The Hall–Kier alpha value is -2.29. The predicted octanol–water partition coefficient (Wildman–Crippen LogP) is 3.32. The molecule has 0 spiro atoms. The maximum Gasteiger partial charge on any atom is 0.0707 e. The van der Waals surface area contributed by atoms with Crippen LogP contribution in [0, 0.1) is 13.8 Å². The van der Waals surface area contributed by atoms with Crippen molar-refractivity contribution in [2.24, 2.45) is 10.7 Å². The number of nitrogens with zero attached hydrogens (tertiary/aromatic N) is 1. The summed E-state index contributed by atoms with van der Waals surface area (Å²) in [5.41, 5.74) is 19.0. The van der Waals surface area contributed by atoms with Crippen LogP contribution in [0.1, 0.15) is 18.1 Å². The molecule has 0 unspecified atom stereocenters. The van der Waals surface area contributed by atoms with Crippen molar-refractivity contribution in [2.75, 3.05) is 5.73 Å². The van der Waals surface area contributed by atoms with Gasteiger partial charge in [0, 0.05) is 11.4 Å². The van der Waals surface area contributed by atoms with Gasteiger partial charge in [0.25, 0.3) is 0 Å². The summed E-state index contributed by atoms with van der Waals surface area (Å²) < 4.78 is 0. The molecule has 0 heterocycles. The molecule has 0 aromatic heterocycles. The Morgan fingerprint density at radius 3 is 2.37 bits per heavy atom. The van der Waals surface area contributed by atoms with Crippen LogP contribution in [0.3, 0.4) is 0 Å². The summed E-state index contributed by atoms with van der Waals surface area (Å²) in [6, 6.07) is 3.94. The van der Waals surface area contributed by atoms with Crippen molar-refractivity contribution < 1.29 is 0 Å². The van der Waals surface area contributed by atoms with E-state index in [2.05, 4.69) is 11.6 Å². The molecule has 0 radical (unpaired) electrons. The van der Waals surface area contributed by atoms with Crippen LogP contribution in [0.25, 0.3) is 0 Å². The lowest BCUT2D eigenvalue weighted by Gasteiger charge is -2.13. The van der Waals surface area contributed by atoms with Gasteiger partial charge in [-0.05, 0) is 67.3 Å². The molecule has 0 atom stereocenters. The van der Waals surface area contributed by atoms with E-state index in [1.165, 1.54) is 0 Å². The first-order chi connectivity index (χ1) is 8.88. The fourth-order valence-electron chi connectivity index (χ4n) is 1.93. The Morgan fingerprint density at radius 1 is 1.00 bits per heavy atom. The molecule has 0 saturated heterocycles. The number of rotatable bonds is 1. The molecule has 0 amide bonds. The quantitative estimate of drug-likeness (QED) is 0.754. The number of aryl methyl sites for hydroxylation is 2. The smallest absolute Gasteiger partial charge is 0.0707 e. The highest BCUT2D eigenvalue weighted by molar-refractivity contribution is 6.13. The topological polar surface area (TPSA) is 64.4 Å². The van der Waals surface area contributed by atoms with Gasteiger partial charge in [-0.3, -0.25) is 0 Å². The van der Waals surface area contributed by atoms with Gasteiger partial charge in [-0.1, -0.05) is 6.58 Å². The lowest BCUT2D eigenvalue weighted by molar-refractivity contribution is 1.27. The number of allylic oxidation sites excluding steroid dienone is 4. The number of anilines is 1. The van der Waals surface area contributed by atoms with E-state index >= 15 is 0 Å². The Morgan fingerprint density at radius 2 is 1.68 bits per heavy atom. The van der Waals surface area contributed by atoms with Crippen LogP contribution in [0.15, 0.2) is 52.7 Å². The third-order valence-electron chi connectivity index (χ3n) is 3.29. The second-order valence-corrected chi connectivity index (χ2v) is 4.94. The summed E-state index contributed by atoms with van der Waals surface area (Å²) in [5.74, 6) is 0. The van der Waals surface area contributed by atoms with Gasteiger partial charge < -0.3 is 11.5 Å². The molecule has 3 heteroatoms. The molecule has 0 fully saturated rings. The molecular weight excluding hydrogens is 234 g/mol. The molecule has 0 aliphatic heterocycles. The van der Waals surface area contributed by atoms with Gasteiger partial charge in [-0.15, -0.1) is 0 Å². The Kier molecular flexibility index (Phi) is 3.30. The Labute approximate surface area is 114 Å². The van der Waals surface area contributed by atoms with Crippen molar-refractivity contribution in [3.63, 3.8) is 0 Å². The van der Waals surface area contributed by atoms with E-state index < -0.39 is 0 Å². The highest BCUT2D eigenvalue weighted by Gasteiger charge is 2.10. The monoisotopic (exact) mass is 253 g/mol. The summed E-state index contributed by atoms with van der Waals surface area (Å²) in [4.78, 5) is 4.67. The number of aliphatic imine (C=N–C) groups is 1. The van der Waals surface area contributed by atoms with Crippen LogP contribution >= 0.6 is 0 Å². The highest BCUT2D eigenvalue weighted by Crippen LogP contribution is 2.27. The van der Waals surface area contributed by atoms with Gasteiger partial charge in [0.15, 0.2) is 0 Å². The molecular formula is C16H19N3. The minimum atomic E-state index is 0.745. The maximum atomic E-state index is 5.89. The van der Waals surface area contributed by atoms with Crippen LogP contribution in [-0.4, -0.2) is 5.71 Å². The van der Waals surface area contributed by atoms with Crippen LogP contribution in [-0.2, 0) is 0 Å². The van der Waals surface area contributed by atoms with E-state index in [4.69, 9.17) is 11.5 Å². The van der Waals surface area contributed by atoms with Gasteiger partial charge in [0.1, 0.15) is 0 Å². The predicted molar refractivity (Wildman–Crippen MR) is 82.6 cm³/mol. The normalized spacial score (nSPS) is 17.4. The SMILES string of the molecule is C=C1C=C(N)C(C)=CC1=Nc1cc(C)c(N)cc1C. The van der Waals surface area contributed by atoms with Crippen molar-refractivity contribution >= 4 is 17.1 Å². The fourth-order valence-corrected chi connectivity index (χ4v) is 1.93. The van der Waals surface area contributed by atoms with Crippen molar-refractivity contribution in [3.8, 4) is 0 Å². The summed E-state index contributed by atoms with van der Waals surface area (Å²) in [6.45, 7) is 9.94. The average Bonchev–Trinajstić information content (AvgIpc) is 2.32. The molecule has 19 heavy (non-hydrogen) atoms. The van der Waals surface area contributed by atoms with Crippen molar-refractivity contribution in [1.29, 1.82) is 0 Å². The molecule has 0 bridgehead atoms. The molecule has 0 saturated carbocycles. The summed E-state index contributed by atoms with van der Waals surface area (Å²) in [5, 5.41) is 0. The standard InChI is InChI=1S/C16H19N3/c1-9-7-15(11(3)5-13(9)17)19-16-8-10(2)14(18)6-12(16)4/h5-8H,3,17-18H2,1-2,4H3. The van der Waals surface area contributed by atoms with Crippen molar-refractivity contribution in [1.82, 2.24) is 0 Å². The molecule has 3 nitrogen and oxygen atoms in total. The minimum absolute atomic E-state index is 0.745. The second-order valence-electron chi connectivity index (χ2n) is 4.94. The largest absolute Gasteiger partial charge is 0.399 e. The number of hydrogen-bond donors (Lipinski definition) is 2. The average molecular weight is 253 g/mol. The summed E-state index contributed by atoms with van der Waals surface area (Å²) in [7, 11) is 0. The number of hydrogen-bond acceptors (Lipinski definition) is 3. The third kappa shape index (κ3) is 2.60. The van der Waals surface area contributed by atoms with E-state index in [1.807, 2.05) is 45.1 Å². The summed E-state index contributed by atoms with van der Waals surface area (Å²) >= 11 is 0. The van der Waals surface area contributed by atoms with Crippen LogP contribution in [0.2, 0.25) is 0 Å². The van der Waals surface area contributed by atoms with E-state index in [-0.39, 0.29) is 0 Å². The van der Waals surface area contributed by atoms with Gasteiger partial charge in [-0.2, -0.15) is 0 Å². The lowest BCUT2D eigenvalue weighted by Crippen LogP contribution is -2.10. The van der Waals surface area contributed by atoms with Crippen LogP contribution in [0.4, 0.5) is 11.4 Å². The van der Waals surface area contributed by atoms with Crippen LogP contribution in [0.5, 0.6) is 0 Å². The Balaban J connectivity index is 2.48. The first-order valence-corrected chi connectivity index (χ1v) is 6.19. The van der Waals surface area contributed by atoms with E-state index in [0.717, 1.165) is 45.1 Å². The number of nitrogens with two attached hydrogens (primary N) is 2. The first kappa shape index (κ1) is 13.1. The molecule has 1 aromatic rings. The molecule has 4 N–H and O–H groups in total. The number of benzene rings is 1. The lowest BCUT2D eigenvalue weighted by atomic mass is 9.99. The zero-order chi connectivity index (χ0) is 14.2. The molecule has 2 rings (SSSR count). The van der Waals surface area contributed by atoms with E-state index in [0.29, 0.717) is 0 Å². The number of nitrogen functional groups attached to an aromatic ring is 1. The van der Waals surface area contributed by atoms with Gasteiger partial charge in [0.2, 0.25) is 0 Å². The van der Waals surface area contributed by atoms with E-state index in [1.54, 1.807) is 0 Å². The maximum absolute atomic E-state index is 5.89. The zero-order valence-corrected chi connectivity index (χ0v) is 11.6. The van der Waals surface area contributed by atoms with Gasteiger partial charge in [0.05, 0.1) is 11.4 Å².